The van der Waals surface area contributed by atoms with Gasteiger partial charge in [0.1, 0.15) is 0 Å². The lowest BCUT2D eigenvalue weighted by Crippen LogP contribution is -2.32. The van der Waals surface area contributed by atoms with E-state index in [1.54, 1.807) is 0 Å². The fourth-order valence-corrected chi connectivity index (χ4v) is 7.84. The van der Waals surface area contributed by atoms with Gasteiger partial charge in [-0.2, -0.15) is 0 Å². The standard InChI is InChI=1S/C34H55NO2/c1-2-3-4-5-6-7-8-9-10-12-17-29(20-25-35)30(26-32(36)37)27-34(31-18-13-11-14-19-31)24-23-33(28-34)21-15-16-22-33/h7-8,11,13-14,18-19,29-30H,2-6,9-10,12,15-17,20-28,35H2,1H3,(H,36,37). The summed E-state index contributed by atoms with van der Waals surface area (Å²) in [6.07, 6.45) is 27.3. The van der Waals surface area contributed by atoms with Crippen LogP contribution in [0.5, 0.6) is 0 Å². The van der Waals surface area contributed by atoms with Crippen LogP contribution in [0, 0.1) is 17.3 Å². The molecule has 3 atom stereocenters. The first-order chi connectivity index (χ1) is 18.0. The van der Waals surface area contributed by atoms with Crippen molar-refractivity contribution in [2.45, 2.75) is 134 Å². The van der Waals surface area contributed by atoms with Crippen LogP contribution in [0.1, 0.15) is 134 Å². The molecule has 0 amide bonds. The van der Waals surface area contributed by atoms with Gasteiger partial charge in [-0.15, -0.1) is 0 Å². The molecule has 3 heteroatoms. The number of carboxylic acid groups (broad SMARTS) is 1. The monoisotopic (exact) mass is 509 g/mol. The first-order valence-corrected chi connectivity index (χ1v) is 15.6. The van der Waals surface area contributed by atoms with Gasteiger partial charge in [0.15, 0.2) is 0 Å². The van der Waals surface area contributed by atoms with E-state index < -0.39 is 5.97 Å². The van der Waals surface area contributed by atoms with E-state index in [-0.39, 0.29) is 17.8 Å². The topological polar surface area (TPSA) is 63.3 Å². The Balaban J connectivity index is 1.64. The molecule has 208 valence electrons. The summed E-state index contributed by atoms with van der Waals surface area (Å²) in [5.74, 6) is -0.0402. The van der Waals surface area contributed by atoms with Crippen molar-refractivity contribution in [3.8, 4) is 0 Å². The van der Waals surface area contributed by atoms with E-state index in [0.29, 0.717) is 17.9 Å². The predicted octanol–water partition coefficient (Wildman–Crippen LogP) is 9.20. The van der Waals surface area contributed by atoms with Crippen molar-refractivity contribution in [2.24, 2.45) is 23.0 Å². The maximum atomic E-state index is 12.1. The van der Waals surface area contributed by atoms with Crippen molar-refractivity contribution >= 4 is 5.97 Å². The molecule has 0 aliphatic heterocycles. The van der Waals surface area contributed by atoms with Gasteiger partial charge in [-0.3, -0.25) is 4.79 Å². The Labute approximate surface area is 227 Å². The second kappa shape index (κ2) is 15.7. The first kappa shape index (κ1) is 29.9. The number of hydrogen-bond acceptors (Lipinski definition) is 2. The number of rotatable bonds is 18. The quantitative estimate of drug-likeness (QED) is 0.153. The molecule has 1 spiro atoms. The summed E-state index contributed by atoms with van der Waals surface area (Å²) in [7, 11) is 0. The average molecular weight is 510 g/mol. The minimum atomic E-state index is -0.644. The fraction of sp³-hybridized carbons (Fsp3) is 0.735. The van der Waals surface area contributed by atoms with Crippen molar-refractivity contribution in [2.75, 3.05) is 6.54 Å². The summed E-state index contributed by atoms with van der Waals surface area (Å²) >= 11 is 0. The molecule has 1 aromatic rings. The van der Waals surface area contributed by atoms with Gasteiger partial charge < -0.3 is 10.8 Å². The van der Waals surface area contributed by atoms with Crippen LogP contribution < -0.4 is 5.73 Å². The minimum absolute atomic E-state index is 0.124. The van der Waals surface area contributed by atoms with Gasteiger partial charge in [0.25, 0.3) is 0 Å². The third-order valence-electron chi connectivity index (χ3n) is 9.78. The Morgan fingerprint density at radius 3 is 2.27 bits per heavy atom. The van der Waals surface area contributed by atoms with E-state index in [1.165, 1.54) is 95.5 Å². The number of benzene rings is 1. The summed E-state index contributed by atoms with van der Waals surface area (Å²) in [6, 6.07) is 11.1. The van der Waals surface area contributed by atoms with Gasteiger partial charge in [0.05, 0.1) is 0 Å². The zero-order valence-electron chi connectivity index (χ0n) is 23.8. The van der Waals surface area contributed by atoms with Crippen LogP contribution in [-0.2, 0) is 10.2 Å². The number of unbranched alkanes of at least 4 members (excludes halogenated alkanes) is 6. The van der Waals surface area contributed by atoms with Crippen LogP contribution in [-0.4, -0.2) is 17.6 Å². The fourth-order valence-electron chi connectivity index (χ4n) is 7.84. The molecule has 3 rings (SSSR count). The number of allylic oxidation sites excluding steroid dienone is 2. The number of aliphatic carboxylic acids is 1. The van der Waals surface area contributed by atoms with E-state index >= 15 is 0 Å². The molecule has 1 aromatic carbocycles. The molecule has 3 unspecified atom stereocenters. The molecule has 2 aliphatic carbocycles. The predicted molar refractivity (Wildman–Crippen MR) is 157 cm³/mol. The molecule has 0 bridgehead atoms. The normalized spacial score (nSPS) is 22.6. The number of hydrogen-bond donors (Lipinski definition) is 2. The van der Waals surface area contributed by atoms with Crippen LogP contribution in [0.4, 0.5) is 0 Å². The summed E-state index contributed by atoms with van der Waals surface area (Å²) in [5.41, 5.74) is 8.17. The largest absolute Gasteiger partial charge is 0.481 e. The van der Waals surface area contributed by atoms with Crippen molar-refractivity contribution in [1.82, 2.24) is 0 Å². The minimum Gasteiger partial charge on any atom is -0.481 e. The van der Waals surface area contributed by atoms with Crippen LogP contribution in [0.2, 0.25) is 0 Å². The molecular weight excluding hydrogens is 454 g/mol. The van der Waals surface area contributed by atoms with Gasteiger partial charge in [-0.1, -0.05) is 94.4 Å². The number of carbonyl (C=O) groups is 1. The highest BCUT2D eigenvalue weighted by Gasteiger charge is 2.50. The van der Waals surface area contributed by atoms with Crippen LogP contribution in [0.25, 0.3) is 0 Å². The molecule has 2 aliphatic rings. The highest BCUT2D eigenvalue weighted by Crippen LogP contribution is 2.60. The summed E-state index contributed by atoms with van der Waals surface area (Å²) in [5, 5.41) is 9.94. The molecule has 2 saturated carbocycles. The molecule has 0 aromatic heterocycles. The van der Waals surface area contributed by atoms with Crippen LogP contribution >= 0.6 is 0 Å². The Hall–Kier alpha value is -1.61. The van der Waals surface area contributed by atoms with E-state index in [4.69, 9.17) is 5.73 Å². The number of nitrogens with two attached hydrogens (primary N) is 1. The Morgan fingerprint density at radius 2 is 1.62 bits per heavy atom. The van der Waals surface area contributed by atoms with E-state index in [0.717, 1.165) is 25.7 Å². The van der Waals surface area contributed by atoms with Crippen molar-refractivity contribution < 1.29 is 9.90 Å². The average Bonchev–Trinajstić information content (AvgIpc) is 3.51. The van der Waals surface area contributed by atoms with E-state index in [1.807, 2.05) is 0 Å². The van der Waals surface area contributed by atoms with E-state index in [9.17, 15) is 9.90 Å². The summed E-state index contributed by atoms with van der Waals surface area (Å²) in [6.45, 7) is 2.91. The van der Waals surface area contributed by atoms with Gasteiger partial charge in [-0.25, -0.2) is 0 Å². The smallest absolute Gasteiger partial charge is 0.303 e. The highest BCUT2D eigenvalue weighted by atomic mass is 16.4. The maximum Gasteiger partial charge on any atom is 0.303 e. The lowest BCUT2D eigenvalue weighted by atomic mass is 9.66. The molecule has 0 heterocycles. The lowest BCUT2D eigenvalue weighted by Gasteiger charge is -2.38. The third kappa shape index (κ3) is 9.27. The van der Waals surface area contributed by atoms with Crippen molar-refractivity contribution in [3.63, 3.8) is 0 Å². The lowest BCUT2D eigenvalue weighted by molar-refractivity contribution is -0.138. The second-order valence-corrected chi connectivity index (χ2v) is 12.5. The van der Waals surface area contributed by atoms with Crippen molar-refractivity contribution in [3.05, 3.63) is 48.0 Å². The maximum absolute atomic E-state index is 12.1. The SMILES string of the molecule is CCCCCCC=CCCCCC(CCN)C(CC(=O)O)CC1(c2ccccc2)CCC2(CCCC2)C1. The van der Waals surface area contributed by atoms with Crippen LogP contribution in [0.3, 0.4) is 0 Å². The molecule has 0 radical (unpaired) electrons. The van der Waals surface area contributed by atoms with Gasteiger partial charge in [0, 0.05) is 6.42 Å². The van der Waals surface area contributed by atoms with Crippen LogP contribution in [0.15, 0.2) is 42.5 Å². The Morgan fingerprint density at radius 1 is 0.919 bits per heavy atom. The van der Waals surface area contributed by atoms with Gasteiger partial charge >= 0.3 is 5.97 Å². The molecule has 3 nitrogen and oxygen atoms in total. The zero-order valence-corrected chi connectivity index (χ0v) is 23.8. The molecule has 3 N–H and O–H groups in total. The molecule has 2 fully saturated rings. The first-order valence-electron chi connectivity index (χ1n) is 15.6. The molecule has 0 saturated heterocycles. The Bertz CT molecular complexity index is 797. The Kier molecular flexibility index (Phi) is 12.7. The molecular formula is C34H55NO2. The molecule has 37 heavy (non-hydrogen) atoms. The van der Waals surface area contributed by atoms with Crippen molar-refractivity contribution in [1.29, 1.82) is 0 Å². The van der Waals surface area contributed by atoms with E-state index in [2.05, 4.69) is 49.4 Å². The summed E-state index contributed by atoms with van der Waals surface area (Å²) < 4.78 is 0. The van der Waals surface area contributed by atoms with Gasteiger partial charge in [0.2, 0.25) is 0 Å². The second-order valence-electron chi connectivity index (χ2n) is 12.5. The third-order valence-corrected chi connectivity index (χ3v) is 9.78. The number of carboxylic acids is 1. The highest BCUT2D eigenvalue weighted by molar-refractivity contribution is 5.67. The summed E-state index contributed by atoms with van der Waals surface area (Å²) in [4.78, 5) is 12.1. The zero-order chi connectivity index (χ0) is 26.4. The van der Waals surface area contributed by atoms with Gasteiger partial charge in [-0.05, 0) is 105 Å².